The smallest absolute Gasteiger partial charge is 0.237 e. The Morgan fingerprint density at radius 3 is 2.71 bits per heavy atom. The van der Waals surface area contributed by atoms with Gasteiger partial charge < -0.3 is 10.4 Å². The van der Waals surface area contributed by atoms with E-state index in [9.17, 15) is 9.90 Å². The van der Waals surface area contributed by atoms with Crippen molar-refractivity contribution >= 4 is 5.91 Å². The lowest BCUT2D eigenvalue weighted by Crippen LogP contribution is -2.45. The van der Waals surface area contributed by atoms with Crippen molar-refractivity contribution < 1.29 is 9.90 Å². The fourth-order valence-corrected chi connectivity index (χ4v) is 2.33. The van der Waals surface area contributed by atoms with Gasteiger partial charge in [-0.05, 0) is 52.5 Å². The van der Waals surface area contributed by atoms with E-state index in [4.69, 9.17) is 0 Å². The molecular weight excluding hydrogens is 216 g/mol. The van der Waals surface area contributed by atoms with Crippen LogP contribution in [0.2, 0.25) is 0 Å². The molecule has 1 heterocycles. The number of amides is 1. The predicted molar refractivity (Wildman–Crippen MR) is 66.7 cm³/mol. The minimum Gasteiger partial charge on any atom is -0.390 e. The highest BCUT2D eigenvalue weighted by atomic mass is 16.3. The van der Waals surface area contributed by atoms with Gasteiger partial charge in [-0.1, -0.05) is 0 Å². The largest absolute Gasteiger partial charge is 0.390 e. The minimum atomic E-state index is -0.639. The minimum absolute atomic E-state index is 0.0398. The van der Waals surface area contributed by atoms with E-state index in [1.807, 2.05) is 13.8 Å². The molecule has 0 aromatic rings. The zero-order chi connectivity index (χ0) is 12.5. The topological polar surface area (TPSA) is 52.6 Å². The highest BCUT2D eigenvalue weighted by molar-refractivity contribution is 5.82. The first-order valence-corrected chi connectivity index (χ1v) is 6.72. The third-order valence-corrected chi connectivity index (χ3v) is 3.60. The first-order chi connectivity index (χ1) is 7.96. The summed E-state index contributed by atoms with van der Waals surface area (Å²) in [6.07, 6.45) is 5.06. The van der Waals surface area contributed by atoms with Crippen molar-refractivity contribution in [1.82, 2.24) is 10.2 Å². The van der Waals surface area contributed by atoms with Crippen LogP contribution < -0.4 is 5.32 Å². The van der Waals surface area contributed by atoms with Crippen molar-refractivity contribution in [3.05, 3.63) is 0 Å². The molecule has 1 unspecified atom stereocenters. The molecular formula is C13H24N2O2. The van der Waals surface area contributed by atoms with Gasteiger partial charge in [0.1, 0.15) is 0 Å². The van der Waals surface area contributed by atoms with E-state index >= 15 is 0 Å². The molecule has 0 radical (unpaired) electrons. The van der Waals surface area contributed by atoms with Gasteiger partial charge >= 0.3 is 0 Å². The Hall–Kier alpha value is -0.610. The van der Waals surface area contributed by atoms with Gasteiger partial charge in [-0.25, -0.2) is 0 Å². The second kappa shape index (κ2) is 4.94. The molecule has 0 bridgehead atoms. The molecule has 2 fully saturated rings. The summed E-state index contributed by atoms with van der Waals surface area (Å²) >= 11 is 0. The standard InChI is InChI=1S/C13H24N2O2/c1-13(2,17)7-9-15-8-3-4-11(15)12(16)14-10-5-6-10/h10-11,17H,3-9H2,1-2H3,(H,14,16). The fourth-order valence-electron chi connectivity index (χ4n) is 2.33. The molecule has 2 rings (SSSR count). The van der Waals surface area contributed by atoms with Gasteiger partial charge in [0.15, 0.2) is 0 Å². The quantitative estimate of drug-likeness (QED) is 0.750. The van der Waals surface area contributed by atoms with Gasteiger partial charge in [-0.3, -0.25) is 9.69 Å². The normalized spacial score (nSPS) is 26.2. The van der Waals surface area contributed by atoms with Crippen LogP contribution in [0.15, 0.2) is 0 Å². The van der Waals surface area contributed by atoms with E-state index in [1.54, 1.807) is 0 Å². The summed E-state index contributed by atoms with van der Waals surface area (Å²) < 4.78 is 0. The molecule has 0 aromatic carbocycles. The number of carbonyl (C=O) groups is 1. The van der Waals surface area contributed by atoms with Crippen LogP contribution in [0, 0.1) is 0 Å². The number of nitrogens with one attached hydrogen (secondary N) is 1. The molecule has 4 heteroatoms. The first-order valence-electron chi connectivity index (χ1n) is 6.72. The fraction of sp³-hybridized carbons (Fsp3) is 0.923. The van der Waals surface area contributed by atoms with E-state index in [1.165, 1.54) is 0 Å². The zero-order valence-corrected chi connectivity index (χ0v) is 10.9. The van der Waals surface area contributed by atoms with Crippen molar-refractivity contribution in [3.8, 4) is 0 Å². The third kappa shape index (κ3) is 3.96. The molecule has 2 N–H and O–H groups in total. The van der Waals surface area contributed by atoms with Crippen LogP contribution in [-0.4, -0.2) is 46.7 Å². The van der Waals surface area contributed by atoms with Crippen LogP contribution in [0.3, 0.4) is 0 Å². The predicted octanol–water partition coefficient (Wildman–Crippen LogP) is 0.890. The van der Waals surface area contributed by atoms with Crippen molar-refractivity contribution in [1.29, 1.82) is 0 Å². The van der Waals surface area contributed by atoms with E-state index in [-0.39, 0.29) is 11.9 Å². The van der Waals surface area contributed by atoms with Gasteiger partial charge in [0.25, 0.3) is 0 Å². The molecule has 17 heavy (non-hydrogen) atoms. The highest BCUT2D eigenvalue weighted by Gasteiger charge is 2.34. The molecule has 0 aromatic heterocycles. The Morgan fingerprint density at radius 2 is 2.12 bits per heavy atom. The Morgan fingerprint density at radius 1 is 1.41 bits per heavy atom. The van der Waals surface area contributed by atoms with E-state index in [2.05, 4.69) is 10.2 Å². The van der Waals surface area contributed by atoms with Gasteiger partial charge in [-0.15, -0.1) is 0 Å². The summed E-state index contributed by atoms with van der Waals surface area (Å²) in [5, 5.41) is 12.8. The Balaban J connectivity index is 1.81. The third-order valence-electron chi connectivity index (χ3n) is 3.60. The maximum Gasteiger partial charge on any atom is 0.237 e. The number of carbonyl (C=O) groups excluding carboxylic acids is 1. The van der Waals surface area contributed by atoms with Crippen LogP contribution in [0.5, 0.6) is 0 Å². The summed E-state index contributed by atoms with van der Waals surface area (Å²) in [5.74, 6) is 0.195. The number of rotatable bonds is 5. The number of hydrogen-bond acceptors (Lipinski definition) is 3. The van der Waals surface area contributed by atoms with Crippen LogP contribution in [0.1, 0.15) is 46.0 Å². The van der Waals surface area contributed by atoms with Crippen LogP contribution in [0.25, 0.3) is 0 Å². The lowest BCUT2D eigenvalue weighted by atomic mass is 10.1. The summed E-state index contributed by atoms with van der Waals surface area (Å²) in [5.41, 5.74) is -0.639. The Bertz CT molecular complexity index is 282. The van der Waals surface area contributed by atoms with Gasteiger partial charge in [-0.2, -0.15) is 0 Å². The van der Waals surface area contributed by atoms with Crippen molar-refractivity contribution in [3.63, 3.8) is 0 Å². The molecule has 1 saturated carbocycles. The molecule has 1 amide bonds. The molecule has 0 spiro atoms. The Labute approximate surface area is 103 Å². The summed E-state index contributed by atoms with van der Waals surface area (Å²) in [6, 6.07) is 0.484. The molecule has 98 valence electrons. The lowest BCUT2D eigenvalue weighted by molar-refractivity contribution is -0.125. The summed E-state index contributed by atoms with van der Waals surface area (Å²) in [7, 11) is 0. The molecule has 1 aliphatic heterocycles. The van der Waals surface area contributed by atoms with Gasteiger partial charge in [0.05, 0.1) is 11.6 Å². The number of nitrogens with zero attached hydrogens (tertiary/aromatic N) is 1. The van der Waals surface area contributed by atoms with Gasteiger partial charge in [0, 0.05) is 12.6 Å². The summed E-state index contributed by atoms with van der Waals surface area (Å²) in [4.78, 5) is 14.2. The van der Waals surface area contributed by atoms with Crippen LogP contribution >= 0.6 is 0 Å². The number of likely N-dealkylation sites (tertiary alicyclic amines) is 1. The average Bonchev–Trinajstić information content (AvgIpc) is 2.91. The van der Waals surface area contributed by atoms with E-state index in [0.29, 0.717) is 6.04 Å². The van der Waals surface area contributed by atoms with Crippen LogP contribution in [-0.2, 0) is 4.79 Å². The van der Waals surface area contributed by atoms with Crippen molar-refractivity contribution in [2.24, 2.45) is 0 Å². The monoisotopic (exact) mass is 240 g/mol. The second-order valence-electron chi connectivity index (χ2n) is 6.04. The average molecular weight is 240 g/mol. The maximum absolute atomic E-state index is 12.0. The number of aliphatic hydroxyl groups is 1. The molecule has 1 aliphatic carbocycles. The highest BCUT2D eigenvalue weighted by Crippen LogP contribution is 2.23. The molecule has 1 saturated heterocycles. The Kier molecular flexibility index (Phi) is 3.73. The SMILES string of the molecule is CC(C)(O)CCN1CCCC1C(=O)NC1CC1. The van der Waals surface area contributed by atoms with Crippen LogP contribution in [0.4, 0.5) is 0 Å². The van der Waals surface area contributed by atoms with Crippen molar-refractivity contribution in [2.45, 2.75) is 63.6 Å². The van der Waals surface area contributed by atoms with E-state index in [0.717, 1.165) is 45.2 Å². The molecule has 2 aliphatic rings. The van der Waals surface area contributed by atoms with Crippen molar-refractivity contribution in [2.75, 3.05) is 13.1 Å². The second-order valence-corrected chi connectivity index (χ2v) is 6.04. The molecule has 1 atom stereocenters. The summed E-state index contributed by atoms with van der Waals surface area (Å²) in [6.45, 7) is 5.44. The molecule has 4 nitrogen and oxygen atoms in total. The number of hydrogen-bond donors (Lipinski definition) is 2. The lowest BCUT2D eigenvalue weighted by Gasteiger charge is -2.26. The zero-order valence-electron chi connectivity index (χ0n) is 10.9. The first kappa shape index (κ1) is 12.8. The van der Waals surface area contributed by atoms with E-state index < -0.39 is 5.60 Å². The van der Waals surface area contributed by atoms with Gasteiger partial charge in [0.2, 0.25) is 5.91 Å². The maximum atomic E-state index is 12.0.